The fourth-order valence-corrected chi connectivity index (χ4v) is 2.02. The molecule has 0 radical (unpaired) electrons. The Labute approximate surface area is 136 Å². The highest BCUT2D eigenvalue weighted by molar-refractivity contribution is 7.80. The van der Waals surface area contributed by atoms with Crippen molar-refractivity contribution in [3.05, 3.63) is 23.2 Å². The number of carboxylic acids is 1. The van der Waals surface area contributed by atoms with E-state index < -0.39 is 5.97 Å². The third-order valence-electron chi connectivity index (χ3n) is 3.08. The molecule has 122 valence electrons. The molecule has 0 aliphatic heterocycles. The molecular formula is C15H23N3O3S. The summed E-state index contributed by atoms with van der Waals surface area (Å²) < 4.78 is 5.55. The first kappa shape index (κ1) is 18.2. The number of nitrogens with one attached hydrogen (secondary N) is 2. The van der Waals surface area contributed by atoms with Gasteiger partial charge in [0.15, 0.2) is 5.11 Å². The summed E-state index contributed by atoms with van der Waals surface area (Å²) in [6.07, 6.45) is 2.57. The second-order valence-electron chi connectivity index (χ2n) is 4.99. The molecule has 22 heavy (non-hydrogen) atoms. The Morgan fingerprint density at radius 3 is 2.86 bits per heavy atom. The number of aryl methyl sites for hydroxylation is 2. The molecule has 1 aromatic heterocycles. The van der Waals surface area contributed by atoms with Gasteiger partial charge in [-0.05, 0) is 38.6 Å². The van der Waals surface area contributed by atoms with Crippen LogP contribution >= 0.6 is 12.2 Å². The number of hydrogen-bond donors (Lipinski definition) is 3. The van der Waals surface area contributed by atoms with Crippen molar-refractivity contribution in [1.82, 2.24) is 10.7 Å². The Kier molecular flexibility index (Phi) is 7.59. The maximum Gasteiger partial charge on any atom is 0.303 e. The van der Waals surface area contributed by atoms with Crippen LogP contribution in [0.25, 0.3) is 0 Å². The van der Waals surface area contributed by atoms with E-state index in [1.807, 2.05) is 19.9 Å². The molecule has 0 fully saturated rings. The number of unbranched alkanes of at least 4 members (excludes halogenated alkanes) is 1. The zero-order valence-corrected chi connectivity index (χ0v) is 14.0. The van der Waals surface area contributed by atoms with Gasteiger partial charge in [0.25, 0.3) is 0 Å². The minimum absolute atomic E-state index is 0.0479. The highest BCUT2D eigenvalue weighted by Crippen LogP contribution is 2.17. The van der Waals surface area contributed by atoms with E-state index in [9.17, 15) is 4.79 Å². The third kappa shape index (κ3) is 6.26. The summed E-state index contributed by atoms with van der Waals surface area (Å²) in [6, 6.07) is 1.83. The molecular weight excluding hydrogens is 302 g/mol. The van der Waals surface area contributed by atoms with Crippen LogP contribution in [-0.2, 0) is 11.2 Å². The van der Waals surface area contributed by atoms with Gasteiger partial charge in [-0.25, -0.2) is 0 Å². The van der Waals surface area contributed by atoms with Crippen LogP contribution in [0, 0.1) is 6.92 Å². The van der Waals surface area contributed by atoms with Crippen LogP contribution < -0.4 is 10.7 Å². The summed E-state index contributed by atoms with van der Waals surface area (Å²) in [7, 11) is 0. The molecule has 0 aliphatic carbocycles. The zero-order chi connectivity index (χ0) is 16.5. The zero-order valence-electron chi connectivity index (χ0n) is 13.2. The predicted molar refractivity (Wildman–Crippen MR) is 90.3 cm³/mol. The van der Waals surface area contributed by atoms with Gasteiger partial charge in [-0.1, -0.05) is 13.3 Å². The average Bonchev–Trinajstić information content (AvgIpc) is 2.84. The topological polar surface area (TPSA) is 86.9 Å². The molecule has 1 rings (SSSR count). The van der Waals surface area contributed by atoms with Crippen molar-refractivity contribution >= 4 is 29.0 Å². The molecule has 0 bridgehead atoms. The van der Waals surface area contributed by atoms with Crippen LogP contribution in [0.1, 0.15) is 50.2 Å². The van der Waals surface area contributed by atoms with Crippen molar-refractivity contribution in [2.45, 2.75) is 46.5 Å². The minimum Gasteiger partial charge on any atom is -0.481 e. The van der Waals surface area contributed by atoms with E-state index in [0.29, 0.717) is 23.1 Å². The molecule has 3 N–H and O–H groups in total. The smallest absolute Gasteiger partial charge is 0.303 e. The van der Waals surface area contributed by atoms with Gasteiger partial charge in [0.1, 0.15) is 11.5 Å². The van der Waals surface area contributed by atoms with Gasteiger partial charge in [0, 0.05) is 18.5 Å². The molecule has 0 saturated carbocycles. The fraction of sp³-hybridized carbons (Fsp3) is 0.533. The van der Waals surface area contributed by atoms with Gasteiger partial charge in [-0.15, -0.1) is 0 Å². The SMILES string of the molecule is CCCCNC(=S)N/N=C(/C)c1cc(CCC(=O)O)oc1C. The molecule has 0 amide bonds. The molecule has 0 spiro atoms. The van der Waals surface area contributed by atoms with E-state index in [4.69, 9.17) is 21.7 Å². The molecule has 6 nitrogen and oxygen atoms in total. The second kappa shape index (κ2) is 9.19. The Morgan fingerprint density at radius 2 is 2.23 bits per heavy atom. The van der Waals surface area contributed by atoms with Crippen LogP contribution in [0.4, 0.5) is 0 Å². The van der Waals surface area contributed by atoms with Crippen LogP contribution in [0.3, 0.4) is 0 Å². The lowest BCUT2D eigenvalue weighted by molar-refractivity contribution is -0.137. The summed E-state index contributed by atoms with van der Waals surface area (Å²) in [5, 5.41) is 16.5. The van der Waals surface area contributed by atoms with E-state index in [-0.39, 0.29) is 6.42 Å². The quantitative estimate of drug-likeness (QED) is 0.295. The fourth-order valence-electron chi connectivity index (χ4n) is 1.87. The molecule has 1 aromatic rings. The van der Waals surface area contributed by atoms with Crippen LogP contribution in [0.5, 0.6) is 0 Å². The summed E-state index contributed by atoms with van der Waals surface area (Å²) in [6.45, 7) is 6.61. The summed E-state index contributed by atoms with van der Waals surface area (Å²) >= 11 is 5.13. The van der Waals surface area contributed by atoms with Gasteiger partial charge in [-0.3, -0.25) is 10.2 Å². The van der Waals surface area contributed by atoms with Crippen LogP contribution in [-0.4, -0.2) is 28.4 Å². The molecule has 0 atom stereocenters. The Morgan fingerprint density at radius 1 is 1.50 bits per heavy atom. The number of rotatable bonds is 8. The number of thiocarbonyl (C=S) groups is 1. The normalized spacial score (nSPS) is 11.3. The highest BCUT2D eigenvalue weighted by Gasteiger charge is 2.11. The largest absolute Gasteiger partial charge is 0.481 e. The number of hydrogen-bond acceptors (Lipinski definition) is 4. The van der Waals surface area contributed by atoms with Crippen molar-refractivity contribution < 1.29 is 14.3 Å². The van der Waals surface area contributed by atoms with Gasteiger partial charge < -0.3 is 14.8 Å². The minimum atomic E-state index is -0.842. The van der Waals surface area contributed by atoms with E-state index in [2.05, 4.69) is 22.8 Å². The number of carbonyl (C=O) groups is 1. The standard InChI is InChI=1S/C15H23N3O3S/c1-4-5-8-16-15(22)18-17-10(2)13-9-12(21-11(13)3)6-7-14(19)20/h9H,4-8H2,1-3H3,(H,19,20)(H2,16,18,22)/b17-10-. The van der Waals surface area contributed by atoms with Crippen LogP contribution in [0.15, 0.2) is 15.6 Å². The lowest BCUT2D eigenvalue weighted by Crippen LogP contribution is -2.33. The van der Waals surface area contributed by atoms with Crippen molar-refractivity contribution in [1.29, 1.82) is 0 Å². The number of furan rings is 1. The summed E-state index contributed by atoms with van der Waals surface area (Å²) in [5.41, 5.74) is 4.39. The molecule has 0 aromatic carbocycles. The van der Waals surface area contributed by atoms with Gasteiger partial charge in [-0.2, -0.15) is 5.10 Å². The number of carboxylic acid groups (broad SMARTS) is 1. The maximum atomic E-state index is 10.6. The highest BCUT2D eigenvalue weighted by atomic mass is 32.1. The van der Waals surface area contributed by atoms with E-state index in [1.54, 1.807) is 0 Å². The monoisotopic (exact) mass is 325 g/mol. The van der Waals surface area contributed by atoms with Crippen molar-refractivity contribution in [3.63, 3.8) is 0 Å². The lowest BCUT2D eigenvalue weighted by atomic mass is 10.1. The average molecular weight is 325 g/mol. The number of nitrogens with zero attached hydrogens (tertiary/aromatic N) is 1. The maximum absolute atomic E-state index is 10.6. The van der Waals surface area contributed by atoms with Gasteiger partial charge in [0.05, 0.1) is 12.1 Å². The van der Waals surface area contributed by atoms with E-state index >= 15 is 0 Å². The first-order valence-corrected chi connectivity index (χ1v) is 7.74. The van der Waals surface area contributed by atoms with Gasteiger partial charge >= 0.3 is 5.97 Å². The second-order valence-corrected chi connectivity index (χ2v) is 5.40. The molecule has 7 heteroatoms. The Balaban J connectivity index is 2.60. The van der Waals surface area contributed by atoms with Crippen molar-refractivity contribution in [2.24, 2.45) is 5.10 Å². The van der Waals surface area contributed by atoms with Crippen molar-refractivity contribution in [2.75, 3.05) is 6.54 Å². The first-order chi connectivity index (χ1) is 10.4. The lowest BCUT2D eigenvalue weighted by Gasteiger charge is -2.06. The molecule has 0 unspecified atom stereocenters. The Bertz CT molecular complexity index is 552. The molecule has 0 saturated heterocycles. The molecule has 1 heterocycles. The van der Waals surface area contributed by atoms with Crippen LogP contribution in [0.2, 0.25) is 0 Å². The third-order valence-corrected chi connectivity index (χ3v) is 3.32. The number of aliphatic carboxylic acids is 1. The predicted octanol–water partition coefficient (Wildman–Crippen LogP) is 2.59. The van der Waals surface area contributed by atoms with Crippen molar-refractivity contribution in [3.8, 4) is 0 Å². The summed E-state index contributed by atoms with van der Waals surface area (Å²) in [5.74, 6) is 0.521. The Hall–Kier alpha value is -1.89. The number of hydrazone groups is 1. The molecule has 0 aliphatic rings. The first-order valence-electron chi connectivity index (χ1n) is 7.33. The van der Waals surface area contributed by atoms with Gasteiger partial charge in [0.2, 0.25) is 0 Å². The van der Waals surface area contributed by atoms with E-state index in [0.717, 1.165) is 30.7 Å². The van der Waals surface area contributed by atoms with E-state index in [1.165, 1.54) is 0 Å². The summed E-state index contributed by atoms with van der Waals surface area (Å²) in [4.78, 5) is 10.6.